The minimum atomic E-state index is 0.168. The maximum atomic E-state index is 9.34. The summed E-state index contributed by atoms with van der Waals surface area (Å²) in [6, 6.07) is 4.90. The molecule has 0 fully saturated rings. The van der Waals surface area contributed by atoms with E-state index in [9.17, 15) is 5.11 Å². The average molecular weight is 238 g/mol. The van der Waals surface area contributed by atoms with Gasteiger partial charge in [-0.25, -0.2) is 9.97 Å². The summed E-state index contributed by atoms with van der Waals surface area (Å²) in [7, 11) is 1.88. The number of rotatable bonds is 3. The monoisotopic (exact) mass is 237 g/mol. The van der Waals surface area contributed by atoms with Gasteiger partial charge in [-0.05, 0) is 25.2 Å². The van der Waals surface area contributed by atoms with Crippen LogP contribution in [0.25, 0.3) is 10.9 Å². The van der Waals surface area contributed by atoms with Crippen molar-refractivity contribution in [3.05, 3.63) is 29.2 Å². The normalized spacial score (nSPS) is 10.9. The number of hydrogen-bond donors (Lipinski definition) is 2. The molecule has 84 valence electrons. The van der Waals surface area contributed by atoms with Crippen molar-refractivity contribution in [2.45, 2.75) is 6.42 Å². The van der Waals surface area contributed by atoms with Crippen LogP contribution >= 0.6 is 11.6 Å². The van der Waals surface area contributed by atoms with Gasteiger partial charge < -0.3 is 10.4 Å². The molecule has 0 bridgehead atoms. The second-order valence-corrected chi connectivity index (χ2v) is 3.84. The van der Waals surface area contributed by atoms with Gasteiger partial charge in [0.2, 0.25) is 0 Å². The molecule has 2 rings (SSSR count). The van der Waals surface area contributed by atoms with Crippen LogP contribution in [0.3, 0.4) is 0 Å². The molecule has 0 saturated heterocycles. The lowest BCUT2D eigenvalue weighted by Gasteiger charge is -2.04. The molecule has 0 spiro atoms. The number of aromatic hydroxyl groups is 1. The highest BCUT2D eigenvalue weighted by molar-refractivity contribution is 6.34. The first-order valence-corrected chi connectivity index (χ1v) is 5.38. The molecule has 2 aromatic rings. The van der Waals surface area contributed by atoms with E-state index in [0.29, 0.717) is 16.4 Å². The van der Waals surface area contributed by atoms with Crippen LogP contribution in [0.2, 0.25) is 5.15 Å². The lowest BCUT2D eigenvalue weighted by atomic mass is 10.2. The van der Waals surface area contributed by atoms with Gasteiger partial charge in [-0.15, -0.1) is 0 Å². The fraction of sp³-hybridized carbons (Fsp3) is 0.273. The summed E-state index contributed by atoms with van der Waals surface area (Å²) in [4.78, 5) is 8.55. The summed E-state index contributed by atoms with van der Waals surface area (Å²) >= 11 is 6.03. The predicted molar refractivity (Wildman–Crippen MR) is 63.8 cm³/mol. The highest BCUT2D eigenvalue weighted by Crippen LogP contribution is 2.24. The van der Waals surface area contributed by atoms with E-state index in [1.807, 2.05) is 7.05 Å². The maximum Gasteiger partial charge on any atom is 0.140 e. The average Bonchev–Trinajstić information content (AvgIpc) is 2.27. The van der Waals surface area contributed by atoms with Crippen LogP contribution in [-0.2, 0) is 6.42 Å². The van der Waals surface area contributed by atoms with Crippen molar-refractivity contribution in [1.29, 1.82) is 0 Å². The number of phenolic OH excluding ortho intramolecular Hbond substituents is 1. The predicted octanol–water partition coefficient (Wildman–Crippen LogP) is 1.75. The van der Waals surface area contributed by atoms with E-state index in [1.54, 1.807) is 18.2 Å². The fourth-order valence-corrected chi connectivity index (χ4v) is 1.72. The number of likely N-dealkylation sites (N-methyl/N-ethyl adjacent to an activating group) is 1. The molecule has 16 heavy (non-hydrogen) atoms. The highest BCUT2D eigenvalue weighted by Gasteiger charge is 2.06. The standard InChI is InChI=1S/C11H12ClN3O/c1-13-5-4-10-14-9-3-2-7(16)6-8(9)11(12)15-10/h2-3,6,13,16H,4-5H2,1H3. The van der Waals surface area contributed by atoms with Crippen LogP contribution < -0.4 is 5.32 Å². The van der Waals surface area contributed by atoms with Gasteiger partial charge in [-0.2, -0.15) is 0 Å². The molecule has 4 nitrogen and oxygen atoms in total. The summed E-state index contributed by atoms with van der Waals surface area (Å²) in [6.07, 6.45) is 0.729. The summed E-state index contributed by atoms with van der Waals surface area (Å²) < 4.78 is 0. The third kappa shape index (κ3) is 2.23. The number of hydrogen-bond acceptors (Lipinski definition) is 4. The van der Waals surface area contributed by atoms with E-state index >= 15 is 0 Å². The van der Waals surface area contributed by atoms with Crippen LogP contribution in [0.4, 0.5) is 0 Å². The zero-order chi connectivity index (χ0) is 11.5. The first-order chi connectivity index (χ1) is 7.70. The third-order valence-electron chi connectivity index (χ3n) is 2.28. The molecule has 1 aromatic heterocycles. The van der Waals surface area contributed by atoms with E-state index in [2.05, 4.69) is 15.3 Å². The Hall–Kier alpha value is -1.39. The van der Waals surface area contributed by atoms with Crippen molar-refractivity contribution in [3.8, 4) is 5.75 Å². The molecule has 0 aliphatic carbocycles. The van der Waals surface area contributed by atoms with Crippen LogP contribution in [0.5, 0.6) is 5.75 Å². The minimum absolute atomic E-state index is 0.168. The number of aromatic nitrogens is 2. The first kappa shape index (κ1) is 11.1. The Labute approximate surface area is 98.3 Å². The SMILES string of the molecule is CNCCc1nc(Cl)c2cc(O)ccc2n1. The van der Waals surface area contributed by atoms with Crippen molar-refractivity contribution in [1.82, 2.24) is 15.3 Å². The Bertz CT molecular complexity index is 516. The summed E-state index contributed by atoms with van der Waals surface area (Å²) in [5.41, 5.74) is 0.754. The lowest BCUT2D eigenvalue weighted by Crippen LogP contribution is -2.12. The highest BCUT2D eigenvalue weighted by atomic mass is 35.5. The van der Waals surface area contributed by atoms with Gasteiger partial charge in [-0.1, -0.05) is 11.6 Å². The minimum Gasteiger partial charge on any atom is -0.508 e. The Morgan fingerprint density at radius 3 is 2.94 bits per heavy atom. The molecular formula is C11H12ClN3O. The molecule has 1 aromatic carbocycles. The molecule has 0 atom stereocenters. The van der Waals surface area contributed by atoms with Gasteiger partial charge in [-0.3, -0.25) is 0 Å². The Balaban J connectivity index is 2.46. The van der Waals surface area contributed by atoms with Crippen LogP contribution in [0.15, 0.2) is 18.2 Å². The molecule has 0 unspecified atom stereocenters. The van der Waals surface area contributed by atoms with Crippen molar-refractivity contribution >= 4 is 22.5 Å². The number of halogens is 1. The maximum absolute atomic E-state index is 9.34. The van der Waals surface area contributed by atoms with Gasteiger partial charge in [0.1, 0.15) is 16.7 Å². The van der Waals surface area contributed by atoms with Gasteiger partial charge in [0.15, 0.2) is 0 Å². The number of benzene rings is 1. The van der Waals surface area contributed by atoms with Gasteiger partial charge in [0.25, 0.3) is 0 Å². The molecule has 0 radical (unpaired) electrons. The molecule has 2 N–H and O–H groups in total. The number of nitrogens with one attached hydrogen (secondary N) is 1. The van der Waals surface area contributed by atoms with Gasteiger partial charge in [0, 0.05) is 18.4 Å². The topological polar surface area (TPSA) is 58.0 Å². The Kier molecular flexibility index (Phi) is 3.22. The molecular weight excluding hydrogens is 226 g/mol. The molecule has 0 aliphatic heterocycles. The largest absolute Gasteiger partial charge is 0.508 e. The molecule has 5 heteroatoms. The summed E-state index contributed by atoms with van der Waals surface area (Å²) in [5, 5.41) is 13.4. The van der Waals surface area contributed by atoms with Crippen LogP contribution in [0.1, 0.15) is 5.82 Å². The van der Waals surface area contributed by atoms with E-state index in [-0.39, 0.29) is 5.75 Å². The second-order valence-electron chi connectivity index (χ2n) is 3.49. The first-order valence-electron chi connectivity index (χ1n) is 5.00. The van der Waals surface area contributed by atoms with Crippen molar-refractivity contribution in [2.24, 2.45) is 0 Å². The summed E-state index contributed by atoms with van der Waals surface area (Å²) in [6.45, 7) is 0.805. The van der Waals surface area contributed by atoms with Gasteiger partial charge >= 0.3 is 0 Å². The smallest absolute Gasteiger partial charge is 0.140 e. The van der Waals surface area contributed by atoms with Crippen LogP contribution in [0, 0.1) is 0 Å². The van der Waals surface area contributed by atoms with Crippen LogP contribution in [-0.4, -0.2) is 28.7 Å². The number of phenols is 1. The number of fused-ring (bicyclic) bond motifs is 1. The molecule has 0 aliphatic rings. The van der Waals surface area contributed by atoms with E-state index in [0.717, 1.165) is 18.5 Å². The zero-order valence-electron chi connectivity index (χ0n) is 8.87. The van der Waals surface area contributed by atoms with Crippen molar-refractivity contribution in [2.75, 3.05) is 13.6 Å². The van der Waals surface area contributed by atoms with Crippen molar-refractivity contribution < 1.29 is 5.11 Å². The van der Waals surface area contributed by atoms with E-state index in [4.69, 9.17) is 11.6 Å². The van der Waals surface area contributed by atoms with E-state index < -0.39 is 0 Å². The Morgan fingerprint density at radius 1 is 1.38 bits per heavy atom. The zero-order valence-corrected chi connectivity index (χ0v) is 9.62. The molecule has 0 saturated carbocycles. The molecule has 0 amide bonds. The fourth-order valence-electron chi connectivity index (χ4n) is 1.47. The summed E-state index contributed by atoms with van der Waals surface area (Å²) in [5.74, 6) is 0.874. The Morgan fingerprint density at radius 2 is 2.19 bits per heavy atom. The molecule has 1 heterocycles. The van der Waals surface area contributed by atoms with Crippen molar-refractivity contribution in [3.63, 3.8) is 0 Å². The quantitative estimate of drug-likeness (QED) is 0.799. The number of nitrogens with zero attached hydrogens (tertiary/aromatic N) is 2. The second kappa shape index (κ2) is 4.63. The lowest BCUT2D eigenvalue weighted by molar-refractivity contribution is 0.476. The van der Waals surface area contributed by atoms with E-state index in [1.165, 1.54) is 0 Å². The van der Waals surface area contributed by atoms with Gasteiger partial charge in [0.05, 0.1) is 5.52 Å². The third-order valence-corrected chi connectivity index (χ3v) is 2.57.